The Balaban J connectivity index is 2.45. The molecule has 1 aromatic rings. The van der Waals surface area contributed by atoms with E-state index in [1.165, 1.54) is 18.2 Å². The molecule has 1 heterocycles. The van der Waals surface area contributed by atoms with E-state index in [9.17, 15) is 9.59 Å². The van der Waals surface area contributed by atoms with Crippen molar-refractivity contribution in [1.82, 2.24) is 0 Å². The van der Waals surface area contributed by atoms with Crippen molar-refractivity contribution in [1.29, 1.82) is 0 Å². The highest BCUT2D eigenvalue weighted by Crippen LogP contribution is 2.34. The maximum atomic E-state index is 12.2. The van der Waals surface area contributed by atoms with Gasteiger partial charge in [0.1, 0.15) is 0 Å². The second-order valence-electron chi connectivity index (χ2n) is 4.22. The molecular formula is C12H11Cl2NO3. The predicted molar refractivity (Wildman–Crippen MR) is 69.1 cm³/mol. The zero-order valence-electron chi connectivity index (χ0n) is 9.87. The van der Waals surface area contributed by atoms with E-state index in [0.29, 0.717) is 22.2 Å². The number of carbonyl (C=O) groups excluding carboxylic acids is 2. The Morgan fingerprint density at radius 2 is 1.78 bits per heavy atom. The van der Waals surface area contributed by atoms with E-state index >= 15 is 0 Å². The van der Waals surface area contributed by atoms with Gasteiger partial charge in [0, 0.05) is 10.0 Å². The summed E-state index contributed by atoms with van der Waals surface area (Å²) in [5.74, 6) is -0.409. The largest absolute Gasteiger partial charge is 0.432 e. The monoisotopic (exact) mass is 287 g/mol. The molecule has 1 saturated heterocycles. The summed E-state index contributed by atoms with van der Waals surface area (Å²) in [7, 11) is 0. The van der Waals surface area contributed by atoms with Crippen LogP contribution in [0.5, 0.6) is 0 Å². The van der Waals surface area contributed by atoms with E-state index in [0.717, 1.165) is 4.90 Å². The summed E-state index contributed by atoms with van der Waals surface area (Å²) in [5.41, 5.74) is -0.800. The highest BCUT2D eigenvalue weighted by Gasteiger charge is 2.50. The number of ether oxygens (including phenoxy) is 1. The van der Waals surface area contributed by atoms with Crippen LogP contribution in [0.1, 0.15) is 20.3 Å². The van der Waals surface area contributed by atoms with E-state index in [2.05, 4.69) is 0 Å². The van der Waals surface area contributed by atoms with Crippen LogP contribution in [0, 0.1) is 0 Å². The lowest BCUT2D eigenvalue weighted by molar-refractivity contribution is -0.128. The smallest absolute Gasteiger partial charge is 0.422 e. The highest BCUT2D eigenvalue weighted by atomic mass is 35.5. The first-order valence-electron chi connectivity index (χ1n) is 5.41. The number of halogens is 2. The number of rotatable bonds is 2. The van der Waals surface area contributed by atoms with Gasteiger partial charge in [-0.05, 0) is 31.5 Å². The maximum absolute atomic E-state index is 12.2. The minimum Gasteiger partial charge on any atom is -0.432 e. The molecule has 0 radical (unpaired) electrons. The van der Waals surface area contributed by atoms with Gasteiger partial charge in [0.15, 0.2) is 5.60 Å². The van der Waals surface area contributed by atoms with Crippen LogP contribution in [0.3, 0.4) is 0 Å². The molecule has 1 fully saturated rings. The van der Waals surface area contributed by atoms with Crippen molar-refractivity contribution in [3.8, 4) is 0 Å². The summed E-state index contributed by atoms with van der Waals surface area (Å²) in [6, 6.07) is 4.51. The van der Waals surface area contributed by atoms with Gasteiger partial charge >= 0.3 is 6.09 Å². The highest BCUT2D eigenvalue weighted by molar-refractivity contribution is 6.35. The zero-order valence-corrected chi connectivity index (χ0v) is 11.4. The number of anilines is 1. The number of cyclic esters (lactones) is 1. The molecule has 0 spiro atoms. The lowest BCUT2D eigenvalue weighted by Gasteiger charge is -2.17. The molecule has 1 atom stereocenters. The van der Waals surface area contributed by atoms with Crippen LogP contribution in [0.2, 0.25) is 10.0 Å². The molecule has 0 aliphatic carbocycles. The van der Waals surface area contributed by atoms with Gasteiger partial charge in [-0.15, -0.1) is 0 Å². The number of nitrogens with zero attached hydrogens (tertiary/aromatic N) is 1. The van der Waals surface area contributed by atoms with Gasteiger partial charge in [-0.25, -0.2) is 9.69 Å². The molecular weight excluding hydrogens is 277 g/mol. The fraction of sp³-hybridized carbons (Fsp3) is 0.333. The van der Waals surface area contributed by atoms with Gasteiger partial charge in [0.05, 0.1) is 5.69 Å². The van der Waals surface area contributed by atoms with Crippen molar-refractivity contribution < 1.29 is 14.3 Å². The van der Waals surface area contributed by atoms with Crippen LogP contribution < -0.4 is 4.90 Å². The fourth-order valence-corrected chi connectivity index (χ4v) is 2.23. The second-order valence-corrected chi connectivity index (χ2v) is 5.09. The minimum absolute atomic E-state index is 0.319. The molecule has 2 rings (SSSR count). The van der Waals surface area contributed by atoms with Crippen LogP contribution >= 0.6 is 23.2 Å². The number of benzene rings is 1. The molecule has 2 amide bonds. The van der Waals surface area contributed by atoms with Crippen molar-refractivity contribution in [2.24, 2.45) is 0 Å². The molecule has 1 aliphatic rings. The van der Waals surface area contributed by atoms with Crippen LogP contribution in [0.25, 0.3) is 0 Å². The van der Waals surface area contributed by atoms with Crippen LogP contribution in [0.4, 0.5) is 10.5 Å². The van der Waals surface area contributed by atoms with Crippen molar-refractivity contribution in [2.75, 3.05) is 4.90 Å². The molecule has 6 heteroatoms. The van der Waals surface area contributed by atoms with E-state index in [1.807, 2.05) is 0 Å². The molecule has 4 nitrogen and oxygen atoms in total. The van der Waals surface area contributed by atoms with Gasteiger partial charge in [-0.3, -0.25) is 4.79 Å². The predicted octanol–water partition coefficient (Wildman–Crippen LogP) is 3.65. The summed E-state index contributed by atoms with van der Waals surface area (Å²) < 4.78 is 5.11. The summed E-state index contributed by atoms with van der Waals surface area (Å²) in [6.45, 7) is 3.36. The Morgan fingerprint density at radius 1 is 1.22 bits per heavy atom. The molecule has 0 N–H and O–H groups in total. The van der Waals surface area contributed by atoms with Crippen LogP contribution in [0.15, 0.2) is 18.2 Å². The van der Waals surface area contributed by atoms with Crippen molar-refractivity contribution in [3.05, 3.63) is 28.2 Å². The zero-order chi connectivity index (χ0) is 13.5. The molecule has 1 aliphatic heterocycles. The Hall–Kier alpha value is -1.26. The Morgan fingerprint density at radius 3 is 2.22 bits per heavy atom. The van der Waals surface area contributed by atoms with E-state index in [-0.39, 0.29) is 0 Å². The average Bonchev–Trinajstić information content (AvgIpc) is 2.49. The fourth-order valence-electron chi connectivity index (χ4n) is 1.72. The summed E-state index contributed by atoms with van der Waals surface area (Å²) >= 11 is 11.7. The van der Waals surface area contributed by atoms with Gasteiger partial charge in [0.25, 0.3) is 5.91 Å². The minimum atomic E-state index is -1.12. The van der Waals surface area contributed by atoms with Gasteiger partial charge in [0.2, 0.25) is 0 Å². The first kappa shape index (κ1) is 13.2. The molecule has 1 unspecified atom stereocenters. The number of hydrogen-bond acceptors (Lipinski definition) is 3. The molecule has 96 valence electrons. The quantitative estimate of drug-likeness (QED) is 0.834. The van der Waals surface area contributed by atoms with E-state index < -0.39 is 17.6 Å². The number of imide groups is 1. The maximum Gasteiger partial charge on any atom is 0.422 e. The first-order chi connectivity index (χ1) is 8.37. The summed E-state index contributed by atoms with van der Waals surface area (Å²) in [6.07, 6.45) is -0.301. The normalized spacial score (nSPS) is 23.4. The Kier molecular flexibility index (Phi) is 3.25. The molecule has 0 bridgehead atoms. The first-order valence-corrected chi connectivity index (χ1v) is 6.16. The van der Waals surface area contributed by atoms with Crippen LogP contribution in [-0.2, 0) is 9.53 Å². The van der Waals surface area contributed by atoms with Crippen molar-refractivity contribution >= 4 is 40.9 Å². The number of amides is 2. The third-order valence-electron chi connectivity index (χ3n) is 2.93. The number of carbonyl (C=O) groups is 2. The standard InChI is InChI=1S/C12H11Cl2NO3/c1-3-12(2)10(16)15(11(17)18-12)9-5-7(13)4-8(14)6-9/h4-6H,3H2,1-2H3. The Labute approximate surface area is 114 Å². The van der Waals surface area contributed by atoms with E-state index in [4.69, 9.17) is 27.9 Å². The van der Waals surface area contributed by atoms with Gasteiger partial charge < -0.3 is 4.74 Å². The van der Waals surface area contributed by atoms with Crippen molar-refractivity contribution in [2.45, 2.75) is 25.9 Å². The van der Waals surface area contributed by atoms with Gasteiger partial charge in [-0.2, -0.15) is 0 Å². The lowest BCUT2D eigenvalue weighted by Crippen LogP contribution is -2.38. The SMILES string of the molecule is CCC1(C)OC(=O)N(c2cc(Cl)cc(Cl)c2)C1=O. The molecule has 0 aromatic heterocycles. The molecule has 18 heavy (non-hydrogen) atoms. The second kappa shape index (κ2) is 4.44. The average molecular weight is 288 g/mol. The molecule has 0 saturated carbocycles. The topological polar surface area (TPSA) is 46.6 Å². The lowest BCUT2D eigenvalue weighted by atomic mass is 10.0. The van der Waals surface area contributed by atoms with Crippen LogP contribution in [-0.4, -0.2) is 17.6 Å². The number of hydrogen-bond donors (Lipinski definition) is 0. The summed E-state index contributed by atoms with van der Waals surface area (Å²) in [4.78, 5) is 24.9. The third-order valence-corrected chi connectivity index (χ3v) is 3.37. The van der Waals surface area contributed by atoms with Crippen molar-refractivity contribution in [3.63, 3.8) is 0 Å². The Bertz CT molecular complexity index is 512. The third kappa shape index (κ3) is 2.06. The van der Waals surface area contributed by atoms with E-state index in [1.54, 1.807) is 13.8 Å². The molecule has 1 aromatic carbocycles. The van der Waals surface area contributed by atoms with Gasteiger partial charge in [-0.1, -0.05) is 30.1 Å². The summed E-state index contributed by atoms with van der Waals surface area (Å²) in [5, 5.41) is 0.700.